The minimum atomic E-state index is 0.0931. The van der Waals surface area contributed by atoms with E-state index in [9.17, 15) is 0 Å². The number of methoxy groups -OCH3 is 1. The van der Waals surface area contributed by atoms with Crippen LogP contribution in [-0.4, -0.2) is 31.8 Å². The number of aryl methyl sites for hydroxylation is 1. The van der Waals surface area contributed by atoms with Crippen LogP contribution in [0, 0.1) is 6.92 Å². The molecular formula is C17H28N2O. The number of hydrogen-bond acceptors (Lipinski definition) is 3. The molecule has 0 saturated heterocycles. The van der Waals surface area contributed by atoms with Crippen LogP contribution in [0.4, 0.5) is 5.69 Å². The molecule has 2 rings (SSSR count). The molecule has 3 nitrogen and oxygen atoms in total. The summed E-state index contributed by atoms with van der Waals surface area (Å²) in [6, 6.07) is 8.63. The molecule has 1 aromatic carbocycles. The van der Waals surface area contributed by atoms with Crippen molar-refractivity contribution >= 4 is 5.69 Å². The van der Waals surface area contributed by atoms with Crippen molar-refractivity contribution in [3.8, 4) is 0 Å². The molecule has 1 aliphatic rings. The number of benzene rings is 1. The summed E-state index contributed by atoms with van der Waals surface area (Å²) in [6.45, 7) is 6.13. The SMILES string of the molecule is CCN(c1ccccc1C)C1(CN)CCC(OC)CC1. The fourth-order valence-electron chi connectivity index (χ4n) is 3.58. The van der Waals surface area contributed by atoms with Crippen LogP contribution in [0.2, 0.25) is 0 Å². The second-order valence-electron chi connectivity index (χ2n) is 5.89. The largest absolute Gasteiger partial charge is 0.381 e. The third-order valence-electron chi connectivity index (χ3n) is 4.87. The topological polar surface area (TPSA) is 38.5 Å². The van der Waals surface area contributed by atoms with Crippen molar-refractivity contribution in [1.29, 1.82) is 0 Å². The van der Waals surface area contributed by atoms with Crippen LogP contribution in [0.25, 0.3) is 0 Å². The van der Waals surface area contributed by atoms with Crippen LogP contribution in [0.5, 0.6) is 0 Å². The second kappa shape index (κ2) is 6.59. The third kappa shape index (κ3) is 2.84. The van der Waals surface area contributed by atoms with Crippen LogP contribution >= 0.6 is 0 Å². The lowest BCUT2D eigenvalue weighted by Crippen LogP contribution is -2.57. The highest BCUT2D eigenvalue weighted by Gasteiger charge is 2.39. The van der Waals surface area contributed by atoms with Gasteiger partial charge >= 0.3 is 0 Å². The van der Waals surface area contributed by atoms with Crippen LogP contribution < -0.4 is 10.6 Å². The molecule has 0 atom stereocenters. The van der Waals surface area contributed by atoms with Crippen LogP contribution in [0.15, 0.2) is 24.3 Å². The molecule has 1 aromatic rings. The van der Waals surface area contributed by atoms with E-state index >= 15 is 0 Å². The first-order valence-corrected chi connectivity index (χ1v) is 7.73. The molecule has 0 aromatic heterocycles. The predicted molar refractivity (Wildman–Crippen MR) is 85.2 cm³/mol. The summed E-state index contributed by atoms with van der Waals surface area (Å²) >= 11 is 0. The fraction of sp³-hybridized carbons (Fsp3) is 0.647. The molecule has 0 heterocycles. The number of nitrogens with two attached hydrogens (primary N) is 1. The summed E-state index contributed by atoms with van der Waals surface area (Å²) < 4.78 is 5.51. The van der Waals surface area contributed by atoms with E-state index in [0.29, 0.717) is 12.6 Å². The Morgan fingerprint density at radius 1 is 1.30 bits per heavy atom. The van der Waals surface area contributed by atoms with Crippen LogP contribution in [-0.2, 0) is 4.74 Å². The molecule has 1 aliphatic carbocycles. The molecule has 0 unspecified atom stereocenters. The molecule has 0 spiro atoms. The highest BCUT2D eigenvalue weighted by atomic mass is 16.5. The number of para-hydroxylation sites is 1. The van der Waals surface area contributed by atoms with Crippen molar-refractivity contribution in [2.75, 3.05) is 25.1 Å². The van der Waals surface area contributed by atoms with Crippen molar-refractivity contribution in [2.24, 2.45) is 5.73 Å². The Labute approximate surface area is 123 Å². The first-order valence-electron chi connectivity index (χ1n) is 7.73. The molecule has 0 bridgehead atoms. The van der Waals surface area contributed by atoms with E-state index in [1.165, 1.54) is 11.3 Å². The predicted octanol–water partition coefficient (Wildman–Crippen LogP) is 3.11. The van der Waals surface area contributed by atoms with Gasteiger partial charge in [-0.15, -0.1) is 0 Å². The van der Waals surface area contributed by atoms with Crippen molar-refractivity contribution < 1.29 is 4.74 Å². The van der Waals surface area contributed by atoms with Gasteiger partial charge < -0.3 is 15.4 Å². The van der Waals surface area contributed by atoms with E-state index in [2.05, 4.69) is 43.0 Å². The lowest BCUT2D eigenvalue weighted by Gasteiger charge is -2.48. The van der Waals surface area contributed by atoms with E-state index in [-0.39, 0.29) is 5.54 Å². The zero-order valence-corrected chi connectivity index (χ0v) is 13.1. The van der Waals surface area contributed by atoms with Crippen molar-refractivity contribution in [1.82, 2.24) is 0 Å². The molecule has 0 aliphatic heterocycles. The maximum atomic E-state index is 6.21. The van der Waals surface area contributed by atoms with Gasteiger partial charge in [-0.05, 0) is 51.2 Å². The lowest BCUT2D eigenvalue weighted by molar-refractivity contribution is 0.0497. The minimum Gasteiger partial charge on any atom is -0.381 e. The molecule has 0 radical (unpaired) electrons. The second-order valence-corrected chi connectivity index (χ2v) is 5.89. The van der Waals surface area contributed by atoms with Crippen molar-refractivity contribution in [2.45, 2.75) is 51.2 Å². The Morgan fingerprint density at radius 3 is 2.45 bits per heavy atom. The summed E-state index contributed by atoms with van der Waals surface area (Å²) in [5, 5.41) is 0. The van der Waals surface area contributed by atoms with E-state index in [4.69, 9.17) is 10.5 Å². The molecule has 0 amide bonds. The molecule has 20 heavy (non-hydrogen) atoms. The Bertz CT molecular complexity index is 425. The summed E-state index contributed by atoms with van der Waals surface area (Å²) in [5.41, 5.74) is 8.96. The molecule has 2 N–H and O–H groups in total. The number of ether oxygens (including phenoxy) is 1. The number of nitrogens with zero attached hydrogens (tertiary/aromatic N) is 1. The van der Waals surface area contributed by atoms with E-state index in [0.717, 1.165) is 32.2 Å². The molecule has 3 heteroatoms. The molecule has 112 valence electrons. The maximum absolute atomic E-state index is 6.21. The summed E-state index contributed by atoms with van der Waals surface area (Å²) in [4.78, 5) is 2.52. The number of anilines is 1. The smallest absolute Gasteiger partial charge is 0.0573 e. The van der Waals surface area contributed by atoms with Gasteiger partial charge in [0.1, 0.15) is 0 Å². The number of rotatable bonds is 5. The van der Waals surface area contributed by atoms with Crippen LogP contribution in [0.3, 0.4) is 0 Å². The molecule has 1 saturated carbocycles. The highest BCUT2D eigenvalue weighted by molar-refractivity contribution is 5.55. The van der Waals surface area contributed by atoms with E-state index in [1.54, 1.807) is 0 Å². The van der Waals surface area contributed by atoms with Gasteiger partial charge in [-0.1, -0.05) is 18.2 Å². The Balaban J connectivity index is 2.27. The van der Waals surface area contributed by atoms with Gasteiger partial charge in [-0.3, -0.25) is 0 Å². The van der Waals surface area contributed by atoms with Gasteiger partial charge in [0.15, 0.2) is 0 Å². The fourth-order valence-corrected chi connectivity index (χ4v) is 3.58. The summed E-state index contributed by atoms with van der Waals surface area (Å²) in [7, 11) is 1.82. The van der Waals surface area contributed by atoms with Crippen molar-refractivity contribution in [3.05, 3.63) is 29.8 Å². The first-order chi connectivity index (χ1) is 9.66. The lowest BCUT2D eigenvalue weighted by atomic mass is 9.78. The average molecular weight is 276 g/mol. The van der Waals surface area contributed by atoms with Gasteiger partial charge in [0, 0.05) is 25.9 Å². The number of hydrogen-bond donors (Lipinski definition) is 1. The minimum absolute atomic E-state index is 0.0931. The first kappa shape index (κ1) is 15.3. The zero-order chi connectivity index (χ0) is 14.6. The Hall–Kier alpha value is -1.06. The van der Waals surface area contributed by atoms with Crippen molar-refractivity contribution in [3.63, 3.8) is 0 Å². The monoisotopic (exact) mass is 276 g/mol. The van der Waals surface area contributed by atoms with Gasteiger partial charge in [0.25, 0.3) is 0 Å². The number of likely N-dealkylation sites (N-methyl/N-ethyl adjacent to an activating group) is 1. The summed E-state index contributed by atoms with van der Waals surface area (Å²) in [6.07, 6.45) is 4.85. The van der Waals surface area contributed by atoms with Gasteiger partial charge in [-0.25, -0.2) is 0 Å². The molecular weight excluding hydrogens is 248 g/mol. The average Bonchev–Trinajstić information content (AvgIpc) is 2.50. The maximum Gasteiger partial charge on any atom is 0.0573 e. The standard InChI is InChI=1S/C17H28N2O/c1-4-19(16-8-6-5-7-14(16)2)17(13-18)11-9-15(20-3)10-12-17/h5-8,15H,4,9-13,18H2,1-3H3. The van der Waals surface area contributed by atoms with Gasteiger partial charge in [0.05, 0.1) is 11.6 Å². The quantitative estimate of drug-likeness (QED) is 0.898. The zero-order valence-electron chi connectivity index (χ0n) is 13.1. The summed E-state index contributed by atoms with van der Waals surface area (Å²) in [5.74, 6) is 0. The molecule has 1 fully saturated rings. The van der Waals surface area contributed by atoms with E-state index < -0.39 is 0 Å². The normalized spacial score (nSPS) is 26.5. The third-order valence-corrected chi connectivity index (χ3v) is 4.87. The Kier molecular flexibility index (Phi) is 5.06. The van der Waals surface area contributed by atoms with Gasteiger partial charge in [-0.2, -0.15) is 0 Å². The Morgan fingerprint density at radius 2 is 1.95 bits per heavy atom. The van der Waals surface area contributed by atoms with Crippen LogP contribution in [0.1, 0.15) is 38.2 Å². The van der Waals surface area contributed by atoms with E-state index in [1.807, 2.05) is 7.11 Å². The highest BCUT2D eigenvalue weighted by Crippen LogP contribution is 2.38. The van der Waals surface area contributed by atoms with Gasteiger partial charge in [0.2, 0.25) is 0 Å².